The predicted octanol–water partition coefficient (Wildman–Crippen LogP) is 3.25. The quantitative estimate of drug-likeness (QED) is 0.601. The molecule has 1 aromatic rings. The number of H-pyrrole nitrogens is 1. The molecule has 0 aliphatic rings. The van der Waals surface area contributed by atoms with Gasteiger partial charge in [-0.1, -0.05) is 19.8 Å². The molecule has 0 atom stereocenters. The fourth-order valence-electron chi connectivity index (χ4n) is 1.58. The zero-order valence-electron chi connectivity index (χ0n) is 9.21. The van der Waals surface area contributed by atoms with E-state index in [-0.39, 0.29) is 0 Å². The lowest BCUT2D eigenvalue weighted by Gasteiger charge is -2.09. The first-order valence-electron chi connectivity index (χ1n) is 5.32. The predicted molar refractivity (Wildman–Crippen MR) is 61.0 cm³/mol. The van der Waals surface area contributed by atoms with Crippen molar-refractivity contribution in [3.63, 3.8) is 0 Å². The number of aryl methyl sites for hydroxylation is 1. The monoisotopic (exact) mass is 213 g/mol. The standard InChI is InChI=1S/C10H19N3S/c1-4-5-6-7-9-11-12-10(14)13(9)8(2)3/h8H,4-7H2,1-3H3,(H,12,14). The van der Waals surface area contributed by atoms with Crippen LogP contribution in [-0.4, -0.2) is 14.8 Å². The summed E-state index contributed by atoms with van der Waals surface area (Å²) >= 11 is 5.17. The third kappa shape index (κ3) is 2.67. The molecule has 0 aliphatic carbocycles. The average Bonchev–Trinajstić information content (AvgIpc) is 2.47. The lowest BCUT2D eigenvalue weighted by molar-refractivity contribution is 0.549. The molecule has 0 bridgehead atoms. The molecule has 0 amide bonds. The minimum absolute atomic E-state index is 0.401. The molecule has 1 aromatic heterocycles. The van der Waals surface area contributed by atoms with Crippen LogP contribution < -0.4 is 0 Å². The maximum absolute atomic E-state index is 5.17. The van der Waals surface area contributed by atoms with Crippen molar-refractivity contribution in [1.29, 1.82) is 0 Å². The second kappa shape index (κ2) is 5.29. The maximum atomic E-state index is 5.17. The molecule has 1 heterocycles. The fourth-order valence-corrected chi connectivity index (χ4v) is 1.94. The first kappa shape index (κ1) is 11.4. The second-order valence-corrected chi connectivity index (χ2v) is 4.25. The summed E-state index contributed by atoms with van der Waals surface area (Å²) < 4.78 is 2.84. The zero-order chi connectivity index (χ0) is 10.6. The van der Waals surface area contributed by atoms with Gasteiger partial charge in [0.05, 0.1) is 0 Å². The van der Waals surface area contributed by atoms with Gasteiger partial charge in [0.2, 0.25) is 0 Å². The number of rotatable bonds is 5. The van der Waals surface area contributed by atoms with Gasteiger partial charge >= 0.3 is 0 Å². The Bertz CT molecular complexity index is 324. The molecular weight excluding hydrogens is 194 g/mol. The van der Waals surface area contributed by atoms with Crippen LogP contribution in [0.15, 0.2) is 0 Å². The van der Waals surface area contributed by atoms with E-state index >= 15 is 0 Å². The molecule has 4 heteroatoms. The molecule has 1 N–H and O–H groups in total. The fraction of sp³-hybridized carbons (Fsp3) is 0.800. The molecule has 0 aromatic carbocycles. The first-order valence-corrected chi connectivity index (χ1v) is 5.73. The number of unbranched alkanes of at least 4 members (excludes halogenated alkanes) is 2. The van der Waals surface area contributed by atoms with Crippen molar-refractivity contribution >= 4 is 12.2 Å². The Morgan fingerprint density at radius 2 is 2.14 bits per heavy atom. The Balaban J connectivity index is 2.71. The molecule has 0 unspecified atom stereocenters. The molecule has 0 aliphatic heterocycles. The number of hydrogen-bond acceptors (Lipinski definition) is 2. The van der Waals surface area contributed by atoms with Crippen LogP contribution in [0, 0.1) is 4.77 Å². The minimum atomic E-state index is 0.401. The van der Waals surface area contributed by atoms with Crippen molar-refractivity contribution in [2.75, 3.05) is 0 Å². The Labute approximate surface area is 90.5 Å². The van der Waals surface area contributed by atoms with E-state index in [0.29, 0.717) is 6.04 Å². The number of nitrogens with zero attached hydrogens (tertiary/aromatic N) is 2. The smallest absolute Gasteiger partial charge is 0.195 e. The molecule has 0 saturated carbocycles. The summed E-state index contributed by atoms with van der Waals surface area (Å²) in [4.78, 5) is 0. The van der Waals surface area contributed by atoms with Crippen molar-refractivity contribution in [3.8, 4) is 0 Å². The van der Waals surface area contributed by atoms with Gasteiger partial charge in [0.25, 0.3) is 0 Å². The largest absolute Gasteiger partial charge is 0.302 e. The lowest BCUT2D eigenvalue weighted by Crippen LogP contribution is -2.06. The molecule has 1 rings (SSSR count). The van der Waals surface area contributed by atoms with E-state index in [0.717, 1.165) is 17.0 Å². The van der Waals surface area contributed by atoms with Crippen LogP contribution in [0.1, 0.15) is 51.9 Å². The summed E-state index contributed by atoms with van der Waals surface area (Å²) in [6.45, 7) is 6.48. The van der Waals surface area contributed by atoms with Gasteiger partial charge in [-0.2, -0.15) is 5.10 Å². The molecule has 0 radical (unpaired) electrons. The topological polar surface area (TPSA) is 33.6 Å². The summed E-state index contributed by atoms with van der Waals surface area (Å²) in [6, 6.07) is 0.401. The highest BCUT2D eigenvalue weighted by Crippen LogP contribution is 2.11. The van der Waals surface area contributed by atoms with E-state index in [4.69, 9.17) is 12.2 Å². The van der Waals surface area contributed by atoms with E-state index < -0.39 is 0 Å². The van der Waals surface area contributed by atoms with E-state index in [9.17, 15) is 0 Å². The van der Waals surface area contributed by atoms with Crippen molar-refractivity contribution in [2.24, 2.45) is 0 Å². The van der Waals surface area contributed by atoms with Gasteiger partial charge in [-0.15, -0.1) is 0 Å². The Morgan fingerprint density at radius 3 is 2.71 bits per heavy atom. The highest BCUT2D eigenvalue weighted by Gasteiger charge is 2.07. The van der Waals surface area contributed by atoms with Crippen LogP contribution in [0.4, 0.5) is 0 Å². The van der Waals surface area contributed by atoms with Crippen molar-refractivity contribution in [3.05, 3.63) is 10.6 Å². The highest BCUT2D eigenvalue weighted by molar-refractivity contribution is 7.71. The zero-order valence-corrected chi connectivity index (χ0v) is 10.0. The molecule has 14 heavy (non-hydrogen) atoms. The van der Waals surface area contributed by atoms with E-state index in [1.165, 1.54) is 19.3 Å². The van der Waals surface area contributed by atoms with E-state index in [1.807, 2.05) is 0 Å². The van der Waals surface area contributed by atoms with Crippen LogP contribution in [0.25, 0.3) is 0 Å². The van der Waals surface area contributed by atoms with Crippen LogP contribution in [-0.2, 0) is 6.42 Å². The van der Waals surface area contributed by atoms with Crippen LogP contribution in [0.3, 0.4) is 0 Å². The van der Waals surface area contributed by atoms with Gasteiger partial charge in [0.1, 0.15) is 5.82 Å². The number of hydrogen-bond donors (Lipinski definition) is 1. The Morgan fingerprint density at radius 1 is 1.43 bits per heavy atom. The van der Waals surface area contributed by atoms with Crippen LogP contribution >= 0.6 is 12.2 Å². The molecule has 80 valence electrons. The van der Waals surface area contributed by atoms with Gasteiger partial charge in [-0.25, -0.2) is 0 Å². The molecular formula is C10H19N3S. The second-order valence-electron chi connectivity index (χ2n) is 3.87. The molecule has 3 nitrogen and oxygen atoms in total. The van der Waals surface area contributed by atoms with E-state index in [1.54, 1.807) is 0 Å². The van der Waals surface area contributed by atoms with Crippen LogP contribution in [0.5, 0.6) is 0 Å². The molecule has 0 spiro atoms. The summed E-state index contributed by atoms with van der Waals surface area (Å²) in [6.07, 6.45) is 4.73. The van der Waals surface area contributed by atoms with Crippen LogP contribution in [0.2, 0.25) is 0 Å². The third-order valence-corrected chi connectivity index (χ3v) is 2.59. The number of aromatic nitrogens is 3. The first-order chi connectivity index (χ1) is 6.66. The van der Waals surface area contributed by atoms with Crippen molar-refractivity contribution in [2.45, 2.75) is 52.5 Å². The van der Waals surface area contributed by atoms with Gasteiger partial charge < -0.3 is 4.57 Å². The van der Waals surface area contributed by atoms with E-state index in [2.05, 4.69) is 35.5 Å². The van der Waals surface area contributed by atoms with Gasteiger partial charge in [-0.3, -0.25) is 5.10 Å². The third-order valence-electron chi connectivity index (χ3n) is 2.30. The highest BCUT2D eigenvalue weighted by atomic mass is 32.1. The molecule has 0 saturated heterocycles. The van der Waals surface area contributed by atoms with Crippen molar-refractivity contribution in [1.82, 2.24) is 14.8 Å². The van der Waals surface area contributed by atoms with Crippen molar-refractivity contribution < 1.29 is 0 Å². The Kier molecular flexibility index (Phi) is 4.32. The summed E-state index contributed by atoms with van der Waals surface area (Å²) in [5.41, 5.74) is 0. The summed E-state index contributed by atoms with van der Waals surface area (Å²) in [5.74, 6) is 1.10. The Hall–Kier alpha value is -0.640. The number of nitrogens with one attached hydrogen (secondary N) is 1. The average molecular weight is 213 g/mol. The summed E-state index contributed by atoms with van der Waals surface area (Å²) in [5, 5.41) is 7.12. The SMILES string of the molecule is CCCCCc1n[nH]c(=S)n1C(C)C. The minimum Gasteiger partial charge on any atom is -0.302 e. The lowest BCUT2D eigenvalue weighted by atomic mass is 10.2. The normalized spacial score (nSPS) is 11.1. The summed E-state index contributed by atoms with van der Waals surface area (Å²) in [7, 11) is 0. The number of aromatic amines is 1. The maximum Gasteiger partial charge on any atom is 0.195 e. The van der Waals surface area contributed by atoms with Gasteiger partial charge in [0, 0.05) is 12.5 Å². The van der Waals surface area contributed by atoms with Gasteiger partial charge in [-0.05, 0) is 32.5 Å². The van der Waals surface area contributed by atoms with Gasteiger partial charge in [0.15, 0.2) is 4.77 Å². The molecule has 0 fully saturated rings.